The fraction of sp³-hybridized carbons (Fsp3) is 0.560. The molecule has 42 heavy (non-hydrogen) atoms. The Balaban J connectivity index is 1.30. The minimum absolute atomic E-state index is 0.0204. The predicted octanol–water partition coefficient (Wildman–Crippen LogP) is 3.18. The SMILES string of the molecule is O=P(O)(O)CP(=O)(O)OC[C@H]1O[C@@H](n2cnc3c(N4CC5(CCCCCC5)c5ccccc54)nc(Cl)nc32)C(O)C1O. The fourth-order valence-corrected chi connectivity index (χ4v) is 9.19. The van der Waals surface area contributed by atoms with Crippen molar-refractivity contribution in [3.63, 3.8) is 0 Å². The van der Waals surface area contributed by atoms with Crippen LogP contribution in [0.3, 0.4) is 0 Å². The summed E-state index contributed by atoms with van der Waals surface area (Å²) in [5, 5.41) is 21.4. The van der Waals surface area contributed by atoms with Crippen molar-refractivity contribution in [2.24, 2.45) is 0 Å². The monoisotopic (exact) mass is 643 g/mol. The van der Waals surface area contributed by atoms with Crippen LogP contribution in [-0.2, 0) is 23.8 Å². The first-order chi connectivity index (χ1) is 19.9. The zero-order valence-electron chi connectivity index (χ0n) is 22.4. The minimum Gasteiger partial charge on any atom is -0.387 e. The molecule has 2 aromatic heterocycles. The van der Waals surface area contributed by atoms with E-state index >= 15 is 0 Å². The number of fused-ring (bicyclic) bond motifs is 3. The summed E-state index contributed by atoms with van der Waals surface area (Å²) >= 11 is 6.43. The van der Waals surface area contributed by atoms with E-state index in [0.29, 0.717) is 17.9 Å². The van der Waals surface area contributed by atoms with E-state index in [-0.39, 0.29) is 16.3 Å². The van der Waals surface area contributed by atoms with Crippen molar-refractivity contribution in [3.05, 3.63) is 41.4 Å². The molecule has 6 rings (SSSR count). The molecule has 5 N–H and O–H groups in total. The van der Waals surface area contributed by atoms with Gasteiger partial charge in [-0.3, -0.25) is 13.7 Å². The number of benzene rings is 1. The first-order valence-corrected chi connectivity index (χ1v) is 17.6. The van der Waals surface area contributed by atoms with E-state index in [0.717, 1.165) is 31.4 Å². The van der Waals surface area contributed by atoms with Crippen LogP contribution in [0.15, 0.2) is 30.6 Å². The summed E-state index contributed by atoms with van der Waals surface area (Å²) in [4.78, 5) is 43.4. The van der Waals surface area contributed by atoms with Crippen molar-refractivity contribution in [1.29, 1.82) is 0 Å². The quantitative estimate of drug-likeness (QED) is 0.186. The van der Waals surface area contributed by atoms with E-state index in [1.807, 2.05) is 6.07 Å². The molecule has 0 radical (unpaired) electrons. The van der Waals surface area contributed by atoms with Gasteiger partial charge in [-0.05, 0) is 36.1 Å². The average Bonchev–Trinajstić information content (AvgIpc) is 3.48. The molecule has 1 aliphatic carbocycles. The van der Waals surface area contributed by atoms with Gasteiger partial charge in [-0.25, -0.2) is 4.98 Å². The Morgan fingerprint density at radius 3 is 2.48 bits per heavy atom. The first kappa shape index (κ1) is 30.1. The molecular formula is C25H32ClN5O9P2. The van der Waals surface area contributed by atoms with Gasteiger partial charge >= 0.3 is 15.2 Å². The summed E-state index contributed by atoms with van der Waals surface area (Å²) in [6.07, 6.45) is 2.63. The largest absolute Gasteiger partial charge is 0.387 e. The molecule has 3 aliphatic rings. The number of imidazole rings is 1. The van der Waals surface area contributed by atoms with Crippen molar-refractivity contribution < 1.29 is 43.3 Å². The Bertz CT molecular complexity index is 1580. The van der Waals surface area contributed by atoms with Gasteiger partial charge < -0.3 is 39.1 Å². The molecule has 228 valence electrons. The maximum absolute atomic E-state index is 12.1. The summed E-state index contributed by atoms with van der Waals surface area (Å²) in [6, 6.07) is 8.28. The maximum Gasteiger partial charge on any atom is 0.340 e. The average molecular weight is 644 g/mol. The number of rotatable bonds is 7. The number of anilines is 2. The van der Waals surface area contributed by atoms with Gasteiger partial charge in [0.05, 0.1) is 12.9 Å². The molecule has 2 fully saturated rings. The van der Waals surface area contributed by atoms with E-state index in [2.05, 4.69) is 38.1 Å². The van der Waals surface area contributed by atoms with Gasteiger partial charge in [0.15, 0.2) is 29.1 Å². The lowest BCUT2D eigenvalue weighted by molar-refractivity contribution is -0.0483. The summed E-state index contributed by atoms with van der Waals surface area (Å²) in [7, 11) is -9.54. The van der Waals surface area contributed by atoms with E-state index in [9.17, 15) is 24.2 Å². The second-order valence-electron chi connectivity index (χ2n) is 11.2. The van der Waals surface area contributed by atoms with Crippen LogP contribution in [0.5, 0.6) is 0 Å². The Morgan fingerprint density at radius 2 is 1.76 bits per heavy atom. The smallest absolute Gasteiger partial charge is 0.340 e. The van der Waals surface area contributed by atoms with Crippen LogP contribution in [0.4, 0.5) is 11.5 Å². The molecule has 3 unspecified atom stereocenters. The van der Waals surface area contributed by atoms with Crippen molar-refractivity contribution in [2.75, 3.05) is 24.0 Å². The van der Waals surface area contributed by atoms with Crippen LogP contribution >= 0.6 is 26.8 Å². The number of para-hydroxylation sites is 1. The molecule has 14 nitrogen and oxygen atoms in total. The lowest BCUT2D eigenvalue weighted by atomic mass is 9.76. The first-order valence-electron chi connectivity index (χ1n) is 13.7. The second-order valence-corrected chi connectivity index (χ2v) is 15.6. The molecule has 0 bridgehead atoms. The van der Waals surface area contributed by atoms with Crippen LogP contribution in [-0.4, -0.2) is 81.8 Å². The van der Waals surface area contributed by atoms with E-state index in [1.54, 1.807) is 0 Å². The highest BCUT2D eigenvalue weighted by atomic mass is 35.5. The molecule has 3 aromatic rings. The highest BCUT2D eigenvalue weighted by Crippen LogP contribution is 2.56. The molecular weight excluding hydrogens is 612 g/mol. The normalized spacial score (nSPS) is 27.3. The maximum atomic E-state index is 12.1. The van der Waals surface area contributed by atoms with E-state index in [1.165, 1.54) is 29.3 Å². The third-order valence-corrected chi connectivity index (χ3v) is 12.0. The number of halogens is 1. The Labute approximate surface area is 246 Å². The number of hydrogen-bond acceptors (Lipinski definition) is 10. The highest BCUT2D eigenvalue weighted by molar-refractivity contribution is 7.70. The molecule has 2 aliphatic heterocycles. The number of aliphatic hydroxyl groups excluding tert-OH is 2. The van der Waals surface area contributed by atoms with Gasteiger partial charge in [-0.2, -0.15) is 9.97 Å². The number of aromatic nitrogens is 4. The van der Waals surface area contributed by atoms with Gasteiger partial charge in [0.25, 0.3) is 0 Å². The molecule has 1 spiro atoms. The van der Waals surface area contributed by atoms with Gasteiger partial charge in [0, 0.05) is 17.6 Å². The highest BCUT2D eigenvalue weighted by Gasteiger charge is 2.47. The lowest BCUT2D eigenvalue weighted by Crippen LogP contribution is -2.33. The summed E-state index contributed by atoms with van der Waals surface area (Å²) in [5.74, 6) is -0.885. The number of nitrogens with zero attached hydrogens (tertiary/aromatic N) is 5. The fourth-order valence-electron chi connectivity index (χ4n) is 6.46. The van der Waals surface area contributed by atoms with Crippen molar-refractivity contribution >= 4 is 49.5 Å². The Hall–Kier alpha value is -1.96. The zero-order valence-corrected chi connectivity index (χ0v) is 25.0. The molecule has 4 heterocycles. The van der Waals surface area contributed by atoms with Crippen LogP contribution < -0.4 is 4.90 Å². The van der Waals surface area contributed by atoms with Gasteiger partial charge in [0.1, 0.15) is 18.3 Å². The van der Waals surface area contributed by atoms with E-state index < -0.39 is 52.2 Å². The number of aliphatic hydroxyl groups is 2. The van der Waals surface area contributed by atoms with Crippen molar-refractivity contribution in [3.8, 4) is 0 Å². The van der Waals surface area contributed by atoms with Gasteiger partial charge in [0.2, 0.25) is 5.28 Å². The number of hydrogen-bond donors (Lipinski definition) is 5. The standard InChI is InChI=1S/C25H32ClN5O9P2/c26-24-28-21(30-12-25(9-5-1-2-6-10-25)15-7-3-4-8-16(15)30)18-22(29-24)31(13-27-18)23-20(33)19(32)17(40-23)11-39-42(37,38)14-41(34,35)36/h3-4,7-8,13,17,19-20,23,32-33H,1-2,5-6,9-12,14H2,(H,37,38)(H2,34,35,36)/t17-,19?,20?,23-/m1/s1. The Morgan fingerprint density at radius 1 is 1.05 bits per heavy atom. The van der Waals surface area contributed by atoms with Crippen LogP contribution in [0, 0.1) is 0 Å². The second kappa shape index (κ2) is 11.2. The lowest BCUT2D eigenvalue weighted by Gasteiger charge is -2.29. The number of ether oxygens (including phenoxy) is 1. The van der Waals surface area contributed by atoms with Crippen molar-refractivity contribution in [1.82, 2.24) is 19.5 Å². The van der Waals surface area contributed by atoms with Crippen LogP contribution in [0.2, 0.25) is 5.28 Å². The molecule has 17 heteroatoms. The topological polar surface area (TPSA) is 201 Å². The van der Waals surface area contributed by atoms with Crippen LogP contribution in [0.1, 0.15) is 50.3 Å². The van der Waals surface area contributed by atoms with E-state index in [4.69, 9.17) is 30.6 Å². The zero-order chi connectivity index (χ0) is 29.9. The predicted molar refractivity (Wildman–Crippen MR) is 152 cm³/mol. The Kier molecular flexibility index (Phi) is 8.02. The van der Waals surface area contributed by atoms with Gasteiger partial charge in [-0.15, -0.1) is 0 Å². The minimum atomic E-state index is -4.84. The summed E-state index contributed by atoms with van der Waals surface area (Å²) in [6.45, 7) is 0.000919. The molecule has 1 saturated carbocycles. The third kappa shape index (κ3) is 5.66. The molecule has 1 saturated heterocycles. The van der Waals surface area contributed by atoms with Crippen LogP contribution in [0.25, 0.3) is 11.2 Å². The molecule has 5 atom stereocenters. The van der Waals surface area contributed by atoms with Gasteiger partial charge in [-0.1, -0.05) is 43.9 Å². The summed E-state index contributed by atoms with van der Waals surface area (Å²) < 4.78 is 35.2. The molecule has 1 aromatic carbocycles. The third-order valence-electron chi connectivity index (χ3n) is 8.33. The van der Waals surface area contributed by atoms with Crippen molar-refractivity contribution in [2.45, 2.75) is 68.5 Å². The molecule has 0 amide bonds. The summed E-state index contributed by atoms with van der Waals surface area (Å²) in [5.41, 5.74) is 2.93.